The summed E-state index contributed by atoms with van der Waals surface area (Å²) in [7, 11) is 0. The molecule has 5 nitrogen and oxygen atoms in total. The van der Waals surface area contributed by atoms with Gasteiger partial charge in [0.2, 0.25) is 0 Å². The average molecular weight is 364 g/mol. The Morgan fingerprint density at radius 1 is 1.07 bits per heavy atom. The van der Waals surface area contributed by atoms with Gasteiger partial charge in [0.25, 0.3) is 5.91 Å². The first kappa shape index (κ1) is 19.1. The van der Waals surface area contributed by atoms with Crippen LogP contribution in [0.5, 0.6) is 0 Å². The number of nitrogens with zero attached hydrogens (tertiary/aromatic N) is 2. The predicted molar refractivity (Wildman–Crippen MR) is 110 cm³/mol. The standard InChI is InChI=1S/C22H28N4O/c1-15-9-10-19(13-16(15)2)26-22(27)20-14-21(25-17(3)24-20)23-12-11-18-7-5-4-6-8-18/h7,9-10,13-14H,4-6,8,11-12H2,1-3H3,(H,26,27)(H,23,24,25). The van der Waals surface area contributed by atoms with Gasteiger partial charge in [0, 0.05) is 18.3 Å². The van der Waals surface area contributed by atoms with Gasteiger partial charge in [-0.3, -0.25) is 4.79 Å². The monoisotopic (exact) mass is 364 g/mol. The maximum atomic E-state index is 12.6. The molecular weight excluding hydrogens is 336 g/mol. The molecule has 27 heavy (non-hydrogen) atoms. The summed E-state index contributed by atoms with van der Waals surface area (Å²) in [6.07, 6.45) is 8.38. The van der Waals surface area contributed by atoms with Crippen molar-refractivity contribution >= 4 is 17.4 Å². The molecule has 1 aromatic carbocycles. The van der Waals surface area contributed by atoms with E-state index in [0.717, 1.165) is 24.2 Å². The first-order valence-corrected chi connectivity index (χ1v) is 9.67. The van der Waals surface area contributed by atoms with Crippen molar-refractivity contribution < 1.29 is 4.79 Å². The van der Waals surface area contributed by atoms with Crippen LogP contribution in [0.1, 0.15) is 59.5 Å². The van der Waals surface area contributed by atoms with Crippen molar-refractivity contribution in [2.75, 3.05) is 17.2 Å². The number of aryl methyl sites for hydroxylation is 3. The van der Waals surface area contributed by atoms with Crippen LogP contribution in [-0.2, 0) is 0 Å². The molecule has 142 valence electrons. The molecule has 5 heteroatoms. The minimum Gasteiger partial charge on any atom is -0.370 e. The molecule has 0 fully saturated rings. The molecule has 0 aliphatic heterocycles. The van der Waals surface area contributed by atoms with E-state index in [0.29, 0.717) is 17.3 Å². The molecular formula is C22H28N4O. The molecule has 2 N–H and O–H groups in total. The maximum absolute atomic E-state index is 12.6. The van der Waals surface area contributed by atoms with Crippen LogP contribution in [0.2, 0.25) is 0 Å². The predicted octanol–water partition coefficient (Wildman–Crippen LogP) is 4.96. The molecule has 0 saturated carbocycles. The summed E-state index contributed by atoms with van der Waals surface area (Å²) >= 11 is 0. The van der Waals surface area contributed by atoms with Gasteiger partial charge in [-0.15, -0.1) is 0 Å². The van der Waals surface area contributed by atoms with E-state index in [2.05, 4.69) is 33.6 Å². The molecule has 2 aromatic rings. The van der Waals surface area contributed by atoms with Crippen LogP contribution < -0.4 is 10.6 Å². The Kier molecular flexibility index (Phi) is 6.22. The number of hydrogen-bond donors (Lipinski definition) is 2. The van der Waals surface area contributed by atoms with Gasteiger partial charge in [-0.05, 0) is 76.1 Å². The van der Waals surface area contributed by atoms with Gasteiger partial charge in [0.1, 0.15) is 17.3 Å². The van der Waals surface area contributed by atoms with E-state index in [4.69, 9.17) is 0 Å². The van der Waals surface area contributed by atoms with Crippen LogP contribution >= 0.6 is 0 Å². The number of carbonyl (C=O) groups is 1. The third-order valence-electron chi connectivity index (χ3n) is 4.97. The zero-order chi connectivity index (χ0) is 19.2. The van der Waals surface area contributed by atoms with Crippen LogP contribution in [0.25, 0.3) is 0 Å². The van der Waals surface area contributed by atoms with Gasteiger partial charge in [0.05, 0.1) is 0 Å². The number of allylic oxidation sites excluding steroid dienone is 1. The van der Waals surface area contributed by atoms with Crippen molar-refractivity contribution in [1.82, 2.24) is 9.97 Å². The summed E-state index contributed by atoms with van der Waals surface area (Å²) in [5.41, 5.74) is 5.02. The minimum absolute atomic E-state index is 0.221. The number of nitrogens with one attached hydrogen (secondary N) is 2. The van der Waals surface area contributed by atoms with E-state index in [1.54, 1.807) is 6.07 Å². The zero-order valence-corrected chi connectivity index (χ0v) is 16.4. The van der Waals surface area contributed by atoms with E-state index in [1.165, 1.54) is 36.8 Å². The molecule has 1 amide bonds. The summed E-state index contributed by atoms with van der Waals surface area (Å²) in [4.78, 5) is 21.3. The molecule has 0 radical (unpaired) electrons. The summed E-state index contributed by atoms with van der Waals surface area (Å²) in [5.74, 6) is 1.06. The van der Waals surface area contributed by atoms with Crippen LogP contribution in [0.4, 0.5) is 11.5 Å². The summed E-state index contributed by atoms with van der Waals surface area (Å²) < 4.78 is 0. The fourth-order valence-corrected chi connectivity index (χ4v) is 3.27. The number of benzene rings is 1. The molecule has 0 saturated heterocycles. The second-order valence-corrected chi connectivity index (χ2v) is 7.22. The van der Waals surface area contributed by atoms with E-state index < -0.39 is 0 Å². The summed E-state index contributed by atoms with van der Waals surface area (Å²) in [6.45, 7) is 6.71. The van der Waals surface area contributed by atoms with E-state index >= 15 is 0 Å². The third kappa shape index (κ3) is 5.39. The van der Waals surface area contributed by atoms with E-state index in [9.17, 15) is 4.79 Å². The molecule has 0 bridgehead atoms. The van der Waals surface area contributed by atoms with Crippen molar-refractivity contribution in [2.24, 2.45) is 0 Å². The number of amides is 1. The van der Waals surface area contributed by atoms with Crippen LogP contribution in [0.3, 0.4) is 0 Å². The number of aromatic nitrogens is 2. The van der Waals surface area contributed by atoms with Crippen LogP contribution in [-0.4, -0.2) is 22.4 Å². The second kappa shape index (κ2) is 8.80. The van der Waals surface area contributed by atoms with Crippen molar-refractivity contribution in [3.8, 4) is 0 Å². The Balaban J connectivity index is 1.63. The number of carbonyl (C=O) groups excluding carboxylic acids is 1. The highest BCUT2D eigenvalue weighted by molar-refractivity contribution is 6.03. The van der Waals surface area contributed by atoms with Gasteiger partial charge in [0.15, 0.2) is 0 Å². The highest BCUT2D eigenvalue weighted by atomic mass is 16.1. The van der Waals surface area contributed by atoms with Gasteiger partial charge in [-0.25, -0.2) is 9.97 Å². The summed E-state index contributed by atoms with van der Waals surface area (Å²) in [6, 6.07) is 7.60. The number of hydrogen-bond acceptors (Lipinski definition) is 4. The topological polar surface area (TPSA) is 66.9 Å². The first-order valence-electron chi connectivity index (χ1n) is 9.67. The molecule has 1 aromatic heterocycles. The van der Waals surface area contributed by atoms with Crippen molar-refractivity contribution in [2.45, 2.75) is 52.9 Å². The van der Waals surface area contributed by atoms with Crippen molar-refractivity contribution in [1.29, 1.82) is 0 Å². The van der Waals surface area contributed by atoms with Crippen LogP contribution in [0, 0.1) is 20.8 Å². The smallest absolute Gasteiger partial charge is 0.274 e. The average Bonchev–Trinajstić information content (AvgIpc) is 2.65. The Morgan fingerprint density at radius 3 is 2.67 bits per heavy atom. The number of rotatable bonds is 6. The Hall–Kier alpha value is -2.69. The Bertz CT molecular complexity index is 857. The van der Waals surface area contributed by atoms with Crippen LogP contribution in [0.15, 0.2) is 35.9 Å². The maximum Gasteiger partial charge on any atom is 0.274 e. The normalized spacial score (nSPS) is 13.8. The molecule has 1 aliphatic carbocycles. The highest BCUT2D eigenvalue weighted by Crippen LogP contribution is 2.20. The second-order valence-electron chi connectivity index (χ2n) is 7.22. The van der Waals surface area contributed by atoms with Gasteiger partial charge >= 0.3 is 0 Å². The summed E-state index contributed by atoms with van der Waals surface area (Å²) in [5, 5.41) is 6.26. The Morgan fingerprint density at radius 2 is 1.93 bits per heavy atom. The first-order chi connectivity index (χ1) is 13.0. The minimum atomic E-state index is -0.221. The molecule has 3 rings (SSSR count). The van der Waals surface area contributed by atoms with Gasteiger partial charge in [-0.1, -0.05) is 17.7 Å². The van der Waals surface area contributed by atoms with Gasteiger partial charge in [-0.2, -0.15) is 0 Å². The fraction of sp³-hybridized carbons (Fsp3) is 0.409. The highest BCUT2D eigenvalue weighted by Gasteiger charge is 2.12. The lowest BCUT2D eigenvalue weighted by Gasteiger charge is -2.13. The fourth-order valence-electron chi connectivity index (χ4n) is 3.27. The largest absolute Gasteiger partial charge is 0.370 e. The molecule has 1 aliphatic rings. The van der Waals surface area contributed by atoms with Crippen molar-refractivity contribution in [3.05, 3.63) is 58.6 Å². The van der Waals surface area contributed by atoms with E-state index in [1.807, 2.05) is 32.0 Å². The molecule has 1 heterocycles. The van der Waals surface area contributed by atoms with Gasteiger partial charge < -0.3 is 10.6 Å². The lowest BCUT2D eigenvalue weighted by atomic mass is 9.97. The zero-order valence-electron chi connectivity index (χ0n) is 16.4. The molecule has 0 unspecified atom stereocenters. The van der Waals surface area contributed by atoms with Crippen molar-refractivity contribution in [3.63, 3.8) is 0 Å². The lowest BCUT2D eigenvalue weighted by molar-refractivity contribution is 0.102. The molecule has 0 spiro atoms. The third-order valence-corrected chi connectivity index (χ3v) is 4.97. The lowest BCUT2D eigenvalue weighted by Crippen LogP contribution is -2.16. The SMILES string of the molecule is Cc1nc(NCCC2=CCCCC2)cc(C(=O)Nc2ccc(C)c(C)c2)n1. The quantitative estimate of drug-likeness (QED) is 0.711. The molecule has 0 atom stereocenters. The number of anilines is 2. The van der Waals surface area contributed by atoms with E-state index in [-0.39, 0.29) is 5.91 Å². The Labute approximate surface area is 161 Å².